The van der Waals surface area contributed by atoms with Crippen LogP contribution in [-0.4, -0.2) is 68.0 Å². The third-order valence-corrected chi connectivity index (χ3v) is 7.57. The third-order valence-electron chi connectivity index (χ3n) is 7.57. The van der Waals surface area contributed by atoms with E-state index in [2.05, 4.69) is 51.1 Å². The summed E-state index contributed by atoms with van der Waals surface area (Å²) in [5.74, 6) is 2.92. The summed E-state index contributed by atoms with van der Waals surface area (Å²) in [5, 5.41) is 13.8. The highest BCUT2D eigenvalue weighted by atomic mass is 16.7. The first-order chi connectivity index (χ1) is 17.9. The van der Waals surface area contributed by atoms with E-state index in [9.17, 15) is 4.79 Å². The van der Waals surface area contributed by atoms with E-state index in [0.717, 1.165) is 50.3 Å². The molecule has 11 nitrogen and oxygen atoms in total. The van der Waals surface area contributed by atoms with Crippen molar-refractivity contribution in [3.63, 3.8) is 0 Å². The number of rotatable bonds is 7. The molecule has 0 aliphatic carbocycles. The van der Waals surface area contributed by atoms with Gasteiger partial charge in [-0.25, -0.2) is 4.68 Å². The first-order valence-electron chi connectivity index (χ1n) is 12.7. The van der Waals surface area contributed by atoms with Gasteiger partial charge in [-0.3, -0.25) is 14.6 Å². The molecule has 1 N–H and O–H groups in total. The number of hydrogen-bond donors (Lipinski definition) is 1. The number of ether oxygens (including phenoxy) is 2. The van der Waals surface area contributed by atoms with E-state index in [1.807, 2.05) is 35.0 Å². The molecule has 1 aromatic carbocycles. The Hall–Kier alpha value is -3.70. The second-order valence-corrected chi connectivity index (χ2v) is 10.3. The summed E-state index contributed by atoms with van der Waals surface area (Å²) >= 11 is 0. The first-order valence-corrected chi connectivity index (χ1v) is 12.7. The van der Waals surface area contributed by atoms with Gasteiger partial charge < -0.3 is 18.9 Å². The number of furan rings is 1. The predicted octanol–water partition coefficient (Wildman–Crippen LogP) is 2.89. The SMILES string of the molecule is CCC(C)(C)n1nnnc1[C@H](c1cc2cc3c(cc2[nH]c1=O)OCO3)N1CCN(Cc2ccco2)CC1. The number of piperazine rings is 1. The molecule has 3 aromatic heterocycles. The Morgan fingerprint density at radius 1 is 1.11 bits per heavy atom. The maximum Gasteiger partial charge on any atom is 0.253 e. The van der Waals surface area contributed by atoms with Crippen LogP contribution in [0.5, 0.6) is 11.5 Å². The number of tetrazole rings is 1. The van der Waals surface area contributed by atoms with Gasteiger partial charge in [0.2, 0.25) is 6.79 Å². The molecule has 0 amide bonds. The molecule has 5 heterocycles. The molecule has 2 aliphatic rings. The van der Waals surface area contributed by atoms with Crippen LogP contribution < -0.4 is 15.0 Å². The van der Waals surface area contributed by atoms with Crippen molar-refractivity contribution in [3.8, 4) is 11.5 Å². The fraction of sp³-hybridized carbons (Fsp3) is 0.462. The van der Waals surface area contributed by atoms with Crippen LogP contribution in [0.15, 0.2) is 45.8 Å². The number of pyridine rings is 1. The zero-order chi connectivity index (χ0) is 25.6. The number of aromatic amines is 1. The molecule has 11 heteroatoms. The van der Waals surface area contributed by atoms with E-state index in [1.165, 1.54) is 0 Å². The minimum atomic E-state index is -0.412. The largest absolute Gasteiger partial charge is 0.468 e. The molecule has 37 heavy (non-hydrogen) atoms. The zero-order valence-corrected chi connectivity index (χ0v) is 21.3. The second kappa shape index (κ2) is 9.31. The average Bonchev–Trinajstić information content (AvgIpc) is 3.67. The maximum atomic E-state index is 13.6. The zero-order valence-electron chi connectivity index (χ0n) is 21.3. The van der Waals surface area contributed by atoms with Crippen molar-refractivity contribution in [2.45, 2.75) is 45.3 Å². The molecule has 2 aliphatic heterocycles. The lowest BCUT2D eigenvalue weighted by molar-refractivity contribution is 0.0925. The molecule has 6 rings (SSSR count). The van der Waals surface area contributed by atoms with Crippen LogP contribution in [0, 0.1) is 0 Å². The lowest BCUT2D eigenvalue weighted by Crippen LogP contribution is -2.49. The number of hydrogen-bond acceptors (Lipinski definition) is 9. The van der Waals surface area contributed by atoms with Crippen LogP contribution in [0.3, 0.4) is 0 Å². The van der Waals surface area contributed by atoms with Crippen molar-refractivity contribution in [2.75, 3.05) is 33.0 Å². The van der Waals surface area contributed by atoms with Gasteiger partial charge in [0, 0.05) is 43.2 Å². The number of fused-ring (bicyclic) bond motifs is 2. The Morgan fingerprint density at radius 2 is 1.89 bits per heavy atom. The van der Waals surface area contributed by atoms with Gasteiger partial charge in [-0.2, -0.15) is 0 Å². The molecule has 0 spiro atoms. The number of H-pyrrole nitrogens is 1. The van der Waals surface area contributed by atoms with Crippen LogP contribution in [0.2, 0.25) is 0 Å². The van der Waals surface area contributed by atoms with Crippen LogP contribution in [-0.2, 0) is 12.1 Å². The van der Waals surface area contributed by atoms with Crippen molar-refractivity contribution < 1.29 is 13.9 Å². The molecule has 0 radical (unpaired) electrons. The molecule has 0 saturated carbocycles. The summed E-state index contributed by atoms with van der Waals surface area (Å²) in [6.07, 6.45) is 2.54. The van der Waals surface area contributed by atoms with Crippen molar-refractivity contribution in [2.24, 2.45) is 0 Å². The Bertz CT molecular complexity index is 1450. The summed E-state index contributed by atoms with van der Waals surface area (Å²) in [6.45, 7) is 10.4. The van der Waals surface area contributed by atoms with Gasteiger partial charge in [0.1, 0.15) is 11.8 Å². The molecule has 194 valence electrons. The van der Waals surface area contributed by atoms with E-state index in [0.29, 0.717) is 28.4 Å². The van der Waals surface area contributed by atoms with Crippen molar-refractivity contribution in [1.29, 1.82) is 0 Å². The van der Waals surface area contributed by atoms with Crippen LogP contribution in [0.1, 0.15) is 50.4 Å². The standard InChI is InChI=1S/C26H31N7O4/c1-4-26(2,3)33-24(28-29-30-33)23(32-9-7-31(8-10-32)15-18-6-5-11-35-18)19-12-17-13-21-22(37-16-36-21)14-20(17)27-25(19)34/h5-6,11-14,23H,4,7-10,15-16H2,1-3H3,(H,27,34)/t23-/m0/s1. The monoisotopic (exact) mass is 505 g/mol. The fourth-order valence-corrected chi connectivity index (χ4v) is 5.06. The maximum absolute atomic E-state index is 13.6. The summed E-state index contributed by atoms with van der Waals surface area (Å²) in [6, 6.07) is 9.16. The van der Waals surface area contributed by atoms with Crippen molar-refractivity contribution in [1.82, 2.24) is 35.0 Å². The normalized spacial score (nSPS) is 17.5. The topological polar surface area (TPSA) is 115 Å². The van der Waals surface area contributed by atoms with Crippen LogP contribution in [0.25, 0.3) is 10.9 Å². The van der Waals surface area contributed by atoms with E-state index >= 15 is 0 Å². The highest BCUT2D eigenvalue weighted by Crippen LogP contribution is 2.37. The van der Waals surface area contributed by atoms with Gasteiger partial charge in [-0.1, -0.05) is 6.92 Å². The van der Waals surface area contributed by atoms with E-state index < -0.39 is 6.04 Å². The van der Waals surface area contributed by atoms with Crippen molar-refractivity contribution in [3.05, 3.63) is 64.1 Å². The Kier molecular flexibility index (Phi) is 5.96. The van der Waals surface area contributed by atoms with Gasteiger partial charge in [-0.15, -0.1) is 5.10 Å². The summed E-state index contributed by atoms with van der Waals surface area (Å²) in [5.41, 5.74) is 0.828. The minimum Gasteiger partial charge on any atom is -0.468 e. The van der Waals surface area contributed by atoms with Gasteiger partial charge in [0.25, 0.3) is 5.56 Å². The fourth-order valence-electron chi connectivity index (χ4n) is 5.06. The predicted molar refractivity (Wildman–Crippen MR) is 136 cm³/mol. The second-order valence-electron chi connectivity index (χ2n) is 10.3. The molecule has 4 aromatic rings. The van der Waals surface area contributed by atoms with Crippen molar-refractivity contribution >= 4 is 10.9 Å². The average molecular weight is 506 g/mol. The Balaban J connectivity index is 1.39. The van der Waals surface area contributed by atoms with E-state index in [4.69, 9.17) is 13.9 Å². The molecular weight excluding hydrogens is 474 g/mol. The highest BCUT2D eigenvalue weighted by molar-refractivity contribution is 5.83. The summed E-state index contributed by atoms with van der Waals surface area (Å²) in [4.78, 5) is 21.3. The van der Waals surface area contributed by atoms with Crippen LogP contribution >= 0.6 is 0 Å². The Labute approximate surface area is 214 Å². The summed E-state index contributed by atoms with van der Waals surface area (Å²) < 4.78 is 18.5. The van der Waals surface area contributed by atoms with E-state index in [1.54, 1.807) is 6.26 Å². The lowest BCUT2D eigenvalue weighted by atomic mass is 9.98. The number of nitrogens with zero attached hydrogens (tertiary/aromatic N) is 6. The first kappa shape index (κ1) is 23.7. The minimum absolute atomic E-state index is 0.168. The number of benzene rings is 1. The number of aromatic nitrogens is 5. The molecule has 1 atom stereocenters. The molecule has 0 unspecified atom stereocenters. The highest BCUT2D eigenvalue weighted by Gasteiger charge is 2.36. The third kappa shape index (κ3) is 4.38. The van der Waals surface area contributed by atoms with E-state index in [-0.39, 0.29) is 17.9 Å². The quantitative estimate of drug-likeness (QED) is 0.405. The number of nitrogens with one attached hydrogen (secondary N) is 1. The molecule has 1 fully saturated rings. The van der Waals surface area contributed by atoms with Gasteiger partial charge in [0.05, 0.1) is 23.9 Å². The molecule has 0 bridgehead atoms. The molecule has 1 saturated heterocycles. The van der Waals surface area contributed by atoms with Gasteiger partial charge in [-0.05, 0) is 55.0 Å². The molecular formula is C26H31N7O4. The van der Waals surface area contributed by atoms with Gasteiger partial charge in [0.15, 0.2) is 17.3 Å². The van der Waals surface area contributed by atoms with Gasteiger partial charge >= 0.3 is 0 Å². The summed E-state index contributed by atoms with van der Waals surface area (Å²) in [7, 11) is 0. The Morgan fingerprint density at radius 3 is 2.62 bits per heavy atom. The van der Waals surface area contributed by atoms with Crippen LogP contribution in [0.4, 0.5) is 0 Å². The lowest BCUT2D eigenvalue weighted by Gasteiger charge is -2.39. The smallest absolute Gasteiger partial charge is 0.253 e.